The maximum absolute atomic E-state index is 13.5. The van der Waals surface area contributed by atoms with Gasteiger partial charge < -0.3 is 4.74 Å². The second kappa shape index (κ2) is 8.75. The van der Waals surface area contributed by atoms with Crippen molar-refractivity contribution in [2.75, 3.05) is 4.72 Å². The standard InChI is InChI=1S/C22H17F2N3O4S/c23-22(24)27-19-9-5-4-8-18(19)25-20(27)14-31-21(28)15-10-12-17(13-11-15)32(29,30)26-16-6-2-1-3-7-16/h1-13,22,26H,14H2. The Hall–Kier alpha value is -3.79. The van der Waals surface area contributed by atoms with Crippen LogP contribution in [-0.2, 0) is 21.4 Å². The van der Waals surface area contributed by atoms with Crippen LogP contribution in [0.4, 0.5) is 14.5 Å². The summed E-state index contributed by atoms with van der Waals surface area (Å²) < 4.78 is 60.2. The lowest BCUT2D eigenvalue weighted by molar-refractivity contribution is 0.0387. The summed E-state index contributed by atoms with van der Waals surface area (Å²) in [5.41, 5.74) is 1.06. The summed E-state index contributed by atoms with van der Waals surface area (Å²) in [6.45, 7) is -3.31. The minimum atomic E-state index is -3.84. The first kappa shape index (κ1) is 21.4. The maximum atomic E-state index is 13.5. The lowest BCUT2D eigenvalue weighted by Gasteiger charge is -2.10. The van der Waals surface area contributed by atoms with Gasteiger partial charge in [-0.3, -0.25) is 9.29 Å². The molecule has 1 aromatic heterocycles. The molecule has 0 saturated heterocycles. The number of sulfonamides is 1. The smallest absolute Gasteiger partial charge is 0.338 e. The molecule has 4 rings (SSSR count). The summed E-state index contributed by atoms with van der Waals surface area (Å²) in [5, 5.41) is 0. The molecule has 164 valence electrons. The first-order valence-corrected chi connectivity index (χ1v) is 10.9. The molecule has 0 aliphatic rings. The van der Waals surface area contributed by atoms with E-state index in [9.17, 15) is 22.0 Å². The molecule has 0 fully saturated rings. The molecule has 3 aromatic carbocycles. The summed E-state index contributed by atoms with van der Waals surface area (Å²) in [7, 11) is -3.84. The van der Waals surface area contributed by atoms with Crippen LogP contribution in [0.25, 0.3) is 11.0 Å². The molecule has 1 heterocycles. The molecule has 4 aromatic rings. The van der Waals surface area contributed by atoms with Gasteiger partial charge in [-0.1, -0.05) is 30.3 Å². The molecule has 0 saturated carbocycles. The number of imidazole rings is 1. The summed E-state index contributed by atoms with van der Waals surface area (Å²) in [6, 6.07) is 19.8. The van der Waals surface area contributed by atoms with E-state index >= 15 is 0 Å². The number of esters is 1. The van der Waals surface area contributed by atoms with Gasteiger partial charge in [-0.2, -0.15) is 8.78 Å². The summed E-state index contributed by atoms with van der Waals surface area (Å²) in [4.78, 5) is 16.4. The lowest BCUT2D eigenvalue weighted by Crippen LogP contribution is -2.13. The number of aromatic nitrogens is 2. The number of para-hydroxylation sites is 3. The Balaban J connectivity index is 1.47. The van der Waals surface area contributed by atoms with E-state index in [0.717, 1.165) is 0 Å². The third-order valence-electron chi connectivity index (χ3n) is 4.62. The Bertz CT molecular complexity index is 1360. The van der Waals surface area contributed by atoms with Gasteiger partial charge in [-0.05, 0) is 48.5 Å². The number of benzene rings is 3. The zero-order valence-corrected chi connectivity index (χ0v) is 17.3. The fourth-order valence-corrected chi connectivity index (χ4v) is 4.18. The van der Waals surface area contributed by atoms with Crippen LogP contribution in [0, 0.1) is 0 Å². The molecule has 0 radical (unpaired) electrons. The quantitative estimate of drug-likeness (QED) is 0.410. The van der Waals surface area contributed by atoms with Crippen LogP contribution in [-0.4, -0.2) is 23.9 Å². The summed E-state index contributed by atoms with van der Waals surface area (Å²) in [5.74, 6) is -0.890. The van der Waals surface area contributed by atoms with Gasteiger partial charge >= 0.3 is 12.5 Å². The molecule has 1 N–H and O–H groups in total. The van der Waals surface area contributed by atoms with Crippen LogP contribution < -0.4 is 4.72 Å². The molecule has 0 aliphatic heterocycles. The van der Waals surface area contributed by atoms with E-state index < -0.39 is 29.1 Å². The molecule has 10 heteroatoms. The number of nitrogens with one attached hydrogen (secondary N) is 1. The third-order valence-corrected chi connectivity index (χ3v) is 6.02. The van der Waals surface area contributed by atoms with Gasteiger partial charge in [0.2, 0.25) is 0 Å². The van der Waals surface area contributed by atoms with Crippen LogP contribution in [0.15, 0.2) is 83.8 Å². The van der Waals surface area contributed by atoms with Crippen molar-refractivity contribution < 1.29 is 26.7 Å². The predicted molar refractivity (Wildman–Crippen MR) is 114 cm³/mol. The Morgan fingerprint density at radius 3 is 2.31 bits per heavy atom. The summed E-state index contributed by atoms with van der Waals surface area (Å²) >= 11 is 0. The number of carbonyl (C=O) groups excluding carboxylic acids is 1. The van der Waals surface area contributed by atoms with E-state index in [1.54, 1.807) is 48.5 Å². The number of fused-ring (bicyclic) bond motifs is 1. The second-order valence-electron chi connectivity index (χ2n) is 6.74. The van der Waals surface area contributed by atoms with Crippen molar-refractivity contribution in [1.82, 2.24) is 9.55 Å². The first-order valence-electron chi connectivity index (χ1n) is 9.44. The molecule has 0 atom stereocenters. The number of ether oxygens (including phenoxy) is 1. The van der Waals surface area contributed by atoms with Crippen LogP contribution in [0.1, 0.15) is 22.7 Å². The molecular weight excluding hydrogens is 440 g/mol. The number of carbonyl (C=O) groups is 1. The Morgan fingerprint density at radius 2 is 1.62 bits per heavy atom. The van der Waals surface area contributed by atoms with Crippen LogP contribution in [0.2, 0.25) is 0 Å². The normalized spacial score (nSPS) is 11.6. The van der Waals surface area contributed by atoms with Crippen molar-refractivity contribution in [2.24, 2.45) is 0 Å². The minimum Gasteiger partial charge on any atom is -0.454 e. The van der Waals surface area contributed by atoms with Crippen molar-refractivity contribution >= 4 is 32.7 Å². The average Bonchev–Trinajstić information content (AvgIpc) is 3.16. The van der Waals surface area contributed by atoms with Gasteiger partial charge in [0.25, 0.3) is 10.0 Å². The number of anilines is 1. The van der Waals surface area contributed by atoms with Gasteiger partial charge in [-0.15, -0.1) is 0 Å². The molecular formula is C22H17F2N3O4S. The van der Waals surface area contributed by atoms with Crippen molar-refractivity contribution in [3.63, 3.8) is 0 Å². The van der Waals surface area contributed by atoms with E-state index in [1.165, 1.54) is 30.3 Å². The Kier molecular flexibility index (Phi) is 5.87. The van der Waals surface area contributed by atoms with E-state index in [4.69, 9.17) is 4.74 Å². The number of hydrogen-bond donors (Lipinski definition) is 1. The highest BCUT2D eigenvalue weighted by Gasteiger charge is 2.20. The molecule has 0 bridgehead atoms. The molecule has 0 spiro atoms. The number of hydrogen-bond acceptors (Lipinski definition) is 5. The van der Waals surface area contributed by atoms with Crippen molar-refractivity contribution in [1.29, 1.82) is 0 Å². The SMILES string of the molecule is O=C(OCc1nc2ccccc2n1C(F)F)c1ccc(S(=O)(=O)Nc2ccccc2)cc1. The van der Waals surface area contributed by atoms with Crippen LogP contribution in [0.3, 0.4) is 0 Å². The maximum Gasteiger partial charge on any atom is 0.338 e. The fourth-order valence-electron chi connectivity index (χ4n) is 3.12. The highest BCUT2D eigenvalue weighted by Crippen LogP contribution is 2.24. The largest absolute Gasteiger partial charge is 0.454 e. The molecule has 0 aliphatic carbocycles. The highest BCUT2D eigenvalue weighted by molar-refractivity contribution is 7.92. The van der Waals surface area contributed by atoms with Gasteiger partial charge in [-0.25, -0.2) is 18.2 Å². The van der Waals surface area contributed by atoms with Gasteiger partial charge in [0.05, 0.1) is 21.5 Å². The average molecular weight is 457 g/mol. The highest BCUT2D eigenvalue weighted by atomic mass is 32.2. The number of halogens is 2. The minimum absolute atomic E-state index is 0.0441. The van der Waals surface area contributed by atoms with Crippen LogP contribution in [0.5, 0.6) is 0 Å². The number of rotatable bonds is 7. The van der Waals surface area contributed by atoms with E-state index in [0.29, 0.717) is 15.8 Å². The Morgan fingerprint density at radius 1 is 0.969 bits per heavy atom. The number of alkyl halides is 2. The van der Waals surface area contributed by atoms with Gasteiger partial charge in [0.1, 0.15) is 6.61 Å². The topological polar surface area (TPSA) is 90.3 Å². The van der Waals surface area contributed by atoms with Crippen molar-refractivity contribution in [2.45, 2.75) is 18.1 Å². The lowest BCUT2D eigenvalue weighted by atomic mass is 10.2. The zero-order valence-electron chi connectivity index (χ0n) is 16.5. The number of nitrogens with zero attached hydrogens (tertiary/aromatic N) is 2. The van der Waals surface area contributed by atoms with Gasteiger partial charge in [0.15, 0.2) is 5.82 Å². The summed E-state index contributed by atoms with van der Waals surface area (Å²) in [6.07, 6.45) is 0. The fraction of sp³-hybridized carbons (Fsp3) is 0.0909. The third kappa shape index (κ3) is 4.45. The Labute approximate surface area is 182 Å². The van der Waals surface area contributed by atoms with Gasteiger partial charge in [0, 0.05) is 5.69 Å². The molecule has 0 amide bonds. The zero-order chi connectivity index (χ0) is 22.7. The van der Waals surface area contributed by atoms with E-state index in [1.807, 2.05) is 0 Å². The van der Waals surface area contributed by atoms with Crippen molar-refractivity contribution in [3.05, 3.63) is 90.3 Å². The van der Waals surface area contributed by atoms with E-state index in [-0.39, 0.29) is 21.8 Å². The monoisotopic (exact) mass is 457 g/mol. The van der Waals surface area contributed by atoms with Crippen molar-refractivity contribution in [3.8, 4) is 0 Å². The second-order valence-corrected chi connectivity index (χ2v) is 8.42. The first-order chi connectivity index (χ1) is 15.3. The van der Waals surface area contributed by atoms with E-state index in [2.05, 4.69) is 9.71 Å². The molecule has 32 heavy (non-hydrogen) atoms. The predicted octanol–water partition coefficient (Wildman–Crippen LogP) is 4.59. The van der Waals surface area contributed by atoms with Crippen LogP contribution >= 0.6 is 0 Å². The molecule has 7 nitrogen and oxygen atoms in total. The molecule has 0 unspecified atom stereocenters.